The predicted octanol–water partition coefficient (Wildman–Crippen LogP) is 3.42. The average molecular weight is 813 g/mol. The molecule has 17 heteroatoms. The largest absolute Gasteiger partial charge is 0.494 e. The van der Waals surface area contributed by atoms with Crippen LogP contribution >= 0.6 is 0 Å². The molecule has 15 nitrogen and oxygen atoms in total. The van der Waals surface area contributed by atoms with E-state index in [0.717, 1.165) is 6.42 Å². The second-order valence-electron chi connectivity index (χ2n) is 16.5. The van der Waals surface area contributed by atoms with E-state index in [9.17, 15) is 27.2 Å². The Hall–Kier alpha value is -4.51. The Labute approximate surface area is 332 Å². The summed E-state index contributed by atoms with van der Waals surface area (Å²) in [6, 6.07) is 1.88. The molecule has 0 bridgehead atoms. The molecule has 1 unspecified atom stereocenters. The maximum Gasteiger partial charge on any atom is 0.318 e. The first kappa shape index (κ1) is 40.7. The second-order valence-corrected chi connectivity index (χ2v) is 18.7. The number of methoxy groups -OCH3 is 1. The Bertz CT molecular complexity index is 2040. The van der Waals surface area contributed by atoms with Crippen LogP contribution in [0.25, 0.3) is 10.8 Å². The minimum absolute atomic E-state index is 0.0276. The van der Waals surface area contributed by atoms with Gasteiger partial charge < -0.3 is 34.6 Å². The van der Waals surface area contributed by atoms with Crippen LogP contribution in [0.2, 0.25) is 0 Å². The first-order valence-corrected chi connectivity index (χ1v) is 21.4. The van der Waals surface area contributed by atoms with Gasteiger partial charge in [-0.3, -0.25) is 19.1 Å². The van der Waals surface area contributed by atoms with Gasteiger partial charge in [-0.1, -0.05) is 32.4 Å². The summed E-state index contributed by atoms with van der Waals surface area (Å²) in [4.78, 5) is 64.7. The standard InChI is InChI=1S/C40H53FN6O9S/c1-5-25-18-24(2)8-6-7-9-27-22-40(27,37(50)45-57(52,53)39(3)11-12-39)44-34(48)31-20-28(56-35-29-21-30(41)32(54-4)19-26(29)10-13-42-35)23-47(31)36(49)33(25)43-38(51)46-14-16-55-17-15-46/h7,9-10,13,19,21,24-25,27-28,31,33H,5-6,8,11-12,14-18,20,22-23H2,1-4H3,(H,43,51)(H,44,48)(H,45,50)/b9-7-/t24-,25-,27-,28?,31+,33+,40-/m1/s1. The highest BCUT2D eigenvalue weighted by Gasteiger charge is 2.63. The second kappa shape index (κ2) is 16.0. The van der Waals surface area contributed by atoms with Crippen molar-refractivity contribution < 1.29 is 46.2 Å². The van der Waals surface area contributed by atoms with Crippen LogP contribution in [0.1, 0.15) is 72.1 Å². The highest BCUT2D eigenvalue weighted by Crippen LogP contribution is 2.47. The van der Waals surface area contributed by atoms with Gasteiger partial charge in [0.25, 0.3) is 5.91 Å². The van der Waals surface area contributed by atoms with Crippen LogP contribution in [0.5, 0.6) is 11.6 Å². The first-order valence-electron chi connectivity index (χ1n) is 20.0. The molecule has 0 spiro atoms. The third kappa shape index (κ3) is 8.27. The molecule has 4 fully saturated rings. The molecule has 4 heterocycles. The molecule has 1 aromatic heterocycles. The van der Waals surface area contributed by atoms with Crippen LogP contribution < -0.4 is 24.8 Å². The average Bonchev–Trinajstić information content (AvgIpc) is 4.07. The number of urea groups is 1. The number of morpholine rings is 1. The number of carbonyl (C=O) groups excluding carboxylic acids is 4. The van der Waals surface area contributed by atoms with Crippen molar-refractivity contribution in [2.24, 2.45) is 17.8 Å². The quantitative estimate of drug-likeness (QED) is 0.334. The van der Waals surface area contributed by atoms with Crippen molar-refractivity contribution in [3.05, 3.63) is 42.4 Å². The highest BCUT2D eigenvalue weighted by atomic mass is 32.2. The van der Waals surface area contributed by atoms with Crippen LogP contribution in [0.15, 0.2) is 36.5 Å². The fourth-order valence-corrected chi connectivity index (χ4v) is 9.67. The minimum atomic E-state index is -4.02. The lowest BCUT2D eigenvalue weighted by Gasteiger charge is -2.36. The van der Waals surface area contributed by atoms with E-state index in [1.807, 2.05) is 19.1 Å². The fourth-order valence-electron chi connectivity index (χ4n) is 8.36. The van der Waals surface area contributed by atoms with E-state index in [1.165, 1.54) is 30.3 Å². The van der Waals surface area contributed by atoms with Gasteiger partial charge in [-0.05, 0) is 80.9 Å². The number of fused-ring (bicyclic) bond motifs is 3. The van der Waals surface area contributed by atoms with Gasteiger partial charge in [-0.2, -0.15) is 0 Å². The zero-order valence-electron chi connectivity index (χ0n) is 32.9. The molecule has 2 saturated carbocycles. The van der Waals surface area contributed by atoms with Crippen molar-refractivity contribution in [3.63, 3.8) is 0 Å². The molecule has 2 aromatic rings. The molecule has 57 heavy (non-hydrogen) atoms. The van der Waals surface area contributed by atoms with Crippen molar-refractivity contribution in [3.8, 4) is 11.6 Å². The van der Waals surface area contributed by atoms with Crippen LogP contribution in [-0.4, -0.2) is 115 Å². The molecule has 1 aromatic carbocycles. The zero-order chi connectivity index (χ0) is 40.7. The van der Waals surface area contributed by atoms with Crippen molar-refractivity contribution in [2.75, 3.05) is 40.0 Å². The molecule has 5 aliphatic rings. The third-order valence-corrected chi connectivity index (χ3v) is 14.6. The summed E-state index contributed by atoms with van der Waals surface area (Å²) >= 11 is 0. The van der Waals surface area contributed by atoms with E-state index in [0.29, 0.717) is 69.2 Å². The van der Waals surface area contributed by atoms with Crippen LogP contribution in [0.4, 0.5) is 9.18 Å². The van der Waals surface area contributed by atoms with Gasteiger partial charge in [0.05, 0.1) is 31.6 Å². The molecule has 3 N–H and O–H groups in total. The number of nitrogens with one attached hydrogen (secondary N) is 3. The van der Waals surface area contributed by atoms with E-state index in [1.54, 1.807) is 17.9 Å². The Kier molecular flexibility index (Phi) is 11.4. The molecule has 2 saturated heterocycles. The van der Waals surface area contributed by atoms with Gasteiger partial charge in [0.2, 0.25) is 27.7 Å². The number of nitrogens with zero attached hydrogens (tertiary/aromatic N) is 3. The van der Waals surface area contributed by atoms with E-state index >= 15 is 4.79 Å². The summed E-state index contributed by atoms with van der Waals surface area (Å²) in [5.74, 6) is -3.05. The topological polar surface area (TPSA) is 186 Å². The number of halogens is 1. The van der Waals surface area contributed by atoms with Crippen molar-refractivity contribution >= 4 is 44.5 Å². The summed E-state index contributed by atoms with van der Waals surface area (Å²) in [5.41, 5.74) is -1.56. The van der Waals surface area contributed by atoms with Crippen molar-refractivity contribution in [1.29, 1.82) is 0 Å². The Morgan fingerprint density at radius 2 is 1.91 bits per heavy atom. The first-order chi connectivity index (χ1) is 27.2. The molecule has 7 rings (SSSR count). The highest BCUT2D eigenvalue weighted by molar-refractivity contribution is 7.91. The van der Waals surface area contributed by atoms with Crippen molar-refractivity contribution in [2.45, 2.75) is 101 Å². The van der Waals surface area contributed by atoms with E-state index in [4.69, 9.17) is 14.2 Å². The Morgan fingerprint density at radius 3 is 2.61 bits per heavy atom. The SMILES string of the molecule is CC[C@@H]1C[C@H](C)CC/C=C\[C@@H]2C[C@@]2(C(=O)NS(=O)(=O)C2(C)CC2)NC(=O)[C@@H]2CC(Oc3nccc4cc(OC)c(F)cc34)CN2C(=O)[C@H]1NC(=O)N1CCOCC1. The molecule has 0 radical (unpaired) electrons. The summed E-state index contributed by atoms with van der Waals surface area (Å²) in [5, 5.41) is 6.89. The molecular formula is C40H53FN6O9S. The number of carbonyl (C=O) groups is 4. The lowest BCUT2D eigenvalue weighted by Crippen LogP contribution is -2.60. The van der Waals surface area contributed by atoms with Crippen molar-refractivity contribution in [1.82, 2.24) is 30.1 Å². The number of ether oxygens (including phenoxy) is 3. The van der Waals surface area contributed by atoms with Gasteiger partial charge in [0.1, 0.15) is 23.7 Å². The number of rotatable bonds is 8. The Balaban J connectivity index is 1.24. The number of sulfonamides is 1. The number of hydrogen-bond donors (Lipinski definition) is 3. The normalized spacial score (nSPS) is 30.8. The predicted molar refractivity (Wildman–Crippen MR) is 207 cm³/mol. The third-order valence-electron chi connectivity index (χ3n) is 12.5. The Morgan fingerprint density at radius 1 is 1.16 bits per heavy atom. The van der Waals surface area contributed by atoms with E-state index < -0.39 is 74.0 Å². The lowest BCUT2D eigenvalue weighted by molar-refractivity contribution is -0.142. The maximum absolute atomic E-state index is 15.0. The molecular weight excluding hydrogens is 760 g/mol. The van der Waals surface area contributed by atoms with E-state index in [-0.39, 0.29) is 42.9 Å². The minimum Gasteiger partial charge on any atom is -0.494 e. The van der Waals surface area contributed by atoms with Gasteiger partial charge >= 0.3 is 6.03 Å². The van der Waals surface area contributed by atoms with Gasteiger partial charge in [0.15, 0.2) is 11.6 Å². The molecule has 7 atom stereocenters. The number of benzene rings is 1. The summed E-state index contributed by atoms with van der Waals surface area (Å²) in [6.07, 6.45) is 8.14. The summed E-state index contributed by atoms with van der Waals surface area (Å²) in [6.45, 7) is 7.03. The molecule has 3 aliphatic heterocycles. The maximum atomic E-state index is 15.0. The molecule has 2 aliphatic carbocycles. The van der Waals surface area contributed by atoms with Crippen LogP contribution in [-0.2, 0) is 29.1 Å². The fraction of sp³-hybridized carbons (Fsp3) is 0.625. The number of pyridine rings is 1. The monoisotopic (exact) mass is 812 g/mol. The van der Waals surface area contributed by atoms with Crippen LogP contribution in [0, 0.1) is 23.6 Å². The molecule has 310 valence electrons. The number of aromatic nitrogens is 1. The summed E-state index contributed by atoms with van der Waals surface area (Å²) < 4.78 is 59.6. The smallest absolute Gasteiger partial charge is 0.318 e. The van der Waals surface area contributed by atoms with Gasteiger partial charge in [0, 0.05) is 37.0 Å². The number of hydrogen-bond acceptors (Lipinski definition) is 10. The number of amides is 5. The van der Waals surface area contributed by atoms with E-state index in [2.05, 4.69) is 27.3 Å². The van der Waals surface area contributed by atoms with Gasteiger partial charge in [-0.25, -0.2) is 22.6 Å². The lowest BCUT2D eigenvalue weighted by atomic mass is 9.85. The number of allylic oxidation sites excluding steroid dienone is 1. The van der Waals surface area contributed by atoms with Crippen LogP contribution in [0.3, 0.4) is 0 Å². The molecule has 5 amide bonds. The zero-order valence-corrected chi connectivity index (χ0v) is 33.7. The summed E-state index contributed by atoms with van der Waals surface area (Å²) in [7, 11) is -2.66. The van der Waals surface area contributed by atoms with Gasteiger partial charge in [-0.15, -0.1) is 0 Å².